The Kier molecular flexibility index (Phi) is 5.69. The molecule has 1 saturated heterocycles. The molecule has 1 fully saturated rings. The highest BCUT2D eigenvalue weighted by Crippen LogP contribution is 2.38. The van der Waals surface area contributed by atoms with Gasteiger partial charge in [-0.25, -0.2) is 0 Å². The quantitative estimate of drug-likeness (QED) is 0.721. The van der Waals surface area contributed by atoms with Gasteiger partial charge >= 0.3 is 0 Å². The van der Waals surface area contributed by atoms with E-state index in [1.54, 1.807) is 24.3 Å². The lowest BCUT2D eigenvalue weighted by molar-refractivity contribution is -0.134. The molecule has 2 aromatic rings. The summed E-state index contributed by atoms with van der Waals surface area (Å²) in [5.74, 6) is 2.05. The molecule has 152 valence electrons. The molecule has 6 nitrogen and oxygen atoms in total. The zero-order chi connectivity index (χ0) is 20.2. The van der Waals surface area contributed by atoms with Gasteiger partial charge in [0.05, 0.1) is 19.3 Å². The van der Waals surface area contributed by atoms with Crippen LogP contribution < -0.4 is 14.2 Å². The van der Waals surface area contributed by atoms with Crippen molar-refractivity contribution in [2.45, 2.75) is 32.2 Å². The minimum Gasteiger partial charge on any atom is -0.490 e. The molecule has 2 heterocycles. The third-order valence-electron chi connectivity index (χ3n) is 5.35. The minimum absolute atomic E-state index is 0.00247. The van der Waals surface area contributed by atoms with E-state index in [0.717, 1.165) is 36.3 Å². The first-order chi connectivity index (χ1) is 14.1. The third-order valence-corrected chi connectivity index (χ3v) is 5.35. The average molecular weight is 395 g/mol. The Labute approximate surface area is 170 Å². The Bertz CT molecular complexity index is 893. The van der Waals surface area contributed by atoms with Gasteiger partial charge < -0.3 is 19.1 Å². The third kappa shape index (κ3) is 4.36. The zero-order valence-corrected chi connectivity index (χ0v) is 16.6. The zero-order valence-electron chi connectivity index (χ0n) is 16.6. The van der Waals surface area contributed by atoms with Crippen LogP contribution in [0.25, 0.3) is 0 Å². The first-order valence-corrected chi connectivity index (χ1v) is 10.0. The van der Waals surface area contributed by atoms with E-state index >= 15 is 0 Å². The largest absolute Gasteiger partial charge is 0.490 e. The van der Waals surface area contributed by atoms with E-state index in [9.17, 15) is 9.59 Å². The van der Waals surface area contributed by atoms with Gasteiger partial charge in [-0.3, -0.25) is 9.59 Å². The van der Waals surface area contributed by atoms with Gasteiger partial charge in [0.2, 0.25) is 0 Å². The molecule has 0 bridgehead atoms. The summed E-state index contributed by atoms with van der Waals surface area (Å²) in [6.07, 6.45) is 2.74. The van der Waals surface area contributed by atoms with Crippen molar-refractivity contribution >= 4 is 11.7 Å². The van der Waals surface area contributed by atoms with E-state index in [1.807, 2.05) is 23.1 Å². The number of Topliss-reactive ketones (excluding diaryl/α,β-unsaturated/α-hetero) is 1. The number of amides is 1. The molecule has 29 heavy (non-hydrogen) atoms. The van der Waals surface area contributed by atoms with E-state index in [0.29, 0.717) is 31.1 Å². The highest BCUT2D eigenvalue weighted by Gasteiger charge is 2.31. The summed E-state index contributed by atoms with van der Waals surface area (Å²) in [4.78, 5) is 26.0. The maximum absolute atomic E-state index is 12.8. The SMILES string of the molecule is CC(=O)c1ccc(OCC(=O)N2CCC[C@H]2c2ccc3c(c2)OCCCO3)cc1. The van der Waals surface area contributed by atoms with Crippen LogP contribution in [0.4, 0.5) is 0 Å². The summed E-state index contributed by atoms with van der Waals surface area (Å²) in [6.45, 7) is 3.50. The second-order valence-electron chi connectivity index (χ2n) is 7.37. The van der Waals surface area contributed by atoms with Crippen LogP contribution in [0, 0.1) is 0 Å². The van der Waals surface area contributed by atoms with E-state index in [4.69, 9.17) is 14.2 Å². The highest BCUT2D eigenvalue weighted by molar-refractivity contribution is 5.94. The van der Waals surface area contributed by atoms with Crippen LogP contribution in [0.1, 0.15) is 48.1 Å². The predicted molar refractivity (Wildman–Crippen MR) is 108 cm³/mol. The number of fused-ring (bicyclic) bond motifs is 1. The number of likely N-dealkylation sites (tertiary alicyclic amines) is 1. The Morgan fingerprint density at radius 1 is 1.03 bits per heavy atom. The van der Waals surface area contributed by atoms with Crippen molar-refractivity contribution < 1.29 is 23.8 Å². The fraction of sp³-hybridized carbons (Fsp3) is 0.391. The van der Waals surface area contributed by atoms with E-state index in [-0.39, 0.29) is 24.3 Å². The lowest BCUT2D eigenvalue weighted by Gasteiger charge is -2.25. The summed E-state index contributed by atoms with van der Waals surface area (Å²) < 4.78 is 17.2. The van der Waals surface area contributed by atoms with Crippen molar-refractivity contribution in [2.75, 3.05) is 26.4 Å². The van der Waals surface area contributed by atoms with Crippen LogP contribution in [-0.2, 0) is 4.79 Å². The Morgan fingerprint density at radius 3 is 2.55 bits per heavy atom. The highest BCUT2D eigenvalue weighted by atomic mass is 16.5. The summed E-state index contributed by atoms with van der Waals surface area (Å²) in [5.41, 5.74) is 1.68. The van der Waals surface area contributed by atoms with Crippen molar-refractivity contribution in [2.24, 2.45) is 0 Å². The lowest BCUT2D eigenvalue weighted by atomic mass is 10.0. The second-order valence-corrected chi connectivity index (χ2v) is 7.37. The molecule has 0 N–H and O–H groups in total. The van der Waals surface area contributed by atoms with E-state index in [1.165, 1.54) is 6.92 Å². The van der Waals surface area contributed by atoms with Crippen LogP contribution in [0.3, 0.4) is 0 Å². The Hall–Kier alpha value is -3.02. The number of benzene rings is 2. The topological polar surface area (TPSA) is 65.1 Å². The van der Waals surface area contributed by atoms with Crippen molar-refractivity contribution in [1.29, 1.82) is 0 Å². The fourth-order valence-corrected chi connectivity index (χ4v) is 3.81. The van der Waals surface area contributed by atoms with Gasteiger partial charge in [-0.15, -0.1) is 0 Å². The van der Waals surface area contributed by atoms with Crippen LogP contribution in [0.15, 0.2) is 42.5 Å². The van der Waals surface area contributed by atoms with Crippen molar-refractivity contribution in [3.05, 3.63) is 53.6 Å². The van der Waals surface area contributed by atoms with Crippen molar-refractivity contribution in [1.82, 2.24) is 4.90 Å². The number of rotatable bonds is 5. The standard InChI is InChI=1S/C23H25NO5/c1-16(25)17-5-8-19(9-6-17)29-15-23(26)24-11-2-4-20(24)18-7-10-21-22(14-18)28-13-3-12-27-21/h5-10,14,20H,2-4,11-13,15H2,1H3/t20-/m0/s1. The van der Waals surface area contributed by atoms with Crippen molar-refractivity contribution in [3.8, 4) is 17.2 Å². The number of ether oxygens (including phenoxy) is 3. The molecule has 0 aromatic heterocycles. The summed E-state index contributed by atoms with van der Waals surface area (Å²) in [6, 6.07) is 12.8. The maximum atomic E-state index is 12.8. The van der Waals surface area contributed by atoms with Gasteiger partial charge in [0.25, 0.3) is 5.91 Å². The van der Waals surface area contributed by atoms with Gasteiger partial charge in [-0.05, 0) is 61.7 Å². The monoisotopic (exact) mass is 395 g/mol. The molecule has 6 heteroatoms. The Morgan fingerprint density at radius 2 is 1.79 bits per heavy atom. The molecular weight excluding hydrogens is 370 g/mol. The fourth-order valence-electron chi connectivity index (χ4n) is 3.81. The maximum Gasteiger partial charge on any atom is 0.261 e. The molecular formula is C23H25NO5. The number of carbonyl (C=O) groups is 2. The van der Waals surface area contributed by atoms with Gasteiger partial charge in [0.1, 0.15) is 5.75 Å². The van der Waals surface area contributed by atoms with Gasteiger partial charge in [-0.1, -0.05) is 6.07 Å². The average Bonchev–Trinajstić information content (AvgIpc) is 3.11. The van der Waals surface area contributed by atoms with Crippen LogP contribution in [-0.4, -0.2) is 43.0 Å². The number of hydrogen-bond donors (Lipinski definition) is 0. The van der Waals surface area contributed by atoms with Gasteiger partial charge in [0.15, 0.2) is 23.9 Å². The normalized spacial score (nSPS) is 18.2. The van der Waals surface area contributed by atoms with Crippen molar-refractivity contribution in [3.63, 3.8) is 0 Å². The van der Waals surface area contributed by atoms with Gasteiger partial charge in [0, 0.05) is 18.5 Å². The van der Waals surface area contributed by atoms with Crippen LogP contribution in [0.5, 0.6) is 17.2 Å². The van der Waals surface area contributed by atoms with Crippen LogP contribution in [0.2, 0.25) is 0 Å². The van der Waals surface area contributed by atoms with E-state index in [2.05, 4.69) is 0 Å². The smallest absolute Gasteiger partial charge is 0.261 e. The second kappa shape index (κ2) is 8.55. The van der Waals surface area contributed by atoms with E-state index < -0.39 is 0 Å². The molecule has 2 aliphatic rings. The number of carbonyl (C=O) groups excluding carboxylic acids is 2. The summed E-state index contributed by atoms with van der Waals surface area (Å²) in [5, 5.41) is 0. The molecule has 1 amide bonds. The van der Waals surface area contributed by atoms with Gasteiger partial charge in [-0.2, -0.15) is 0 Å². The molecule has 0 radical (unpaired) electrons. The molecule has 0 unspecified atom stereocenters. The summed E-state index contributed by atoms with van der Waals surface area (Å²) >= 11 is 0. The first-order valence-electron chi connectivity index (χ1n) is 10.0. The summed E-state index contributed by atoms with van der Waals surface area (Å²) in [7, 11) is 0. The molecule has 0 saturated carbocycles. The molecule has 2 aromatic carbocycles. The lowest BCUT2D eigenvalue weighted by Crippen LogP contribution is -2.34. The first kappa shape index (κ1) is 19.3. The molecule has 0 spiro atoms. The predicted octanol–water partition coefficient (Wildman–Crippen LogP) is 3.79. The Balaban J connectivity index is 1.42. The number of hydrogen-bond acceptors (Lipinski definition) is 5. The molecule has 2 aliphatic heterocycles. The number of nitrogens with zero attached hydrogens (tertiary/aromatic N) is 1. The molecule has 0 aliphatic carbocycles. The molecule has 1 atom stereocenters. The minimum atomic E-state index is -0.0461. The molecule has 4 rings (SSSR count). The number of ketones is 1. The van der Waals surface area contributed by atoms with Crippen LogP contribution >= 0.6 is 0 Å².